The summed E-state index contributed by atoms with van der Waals surface area (Å²) in [5.74, 6) is 0.197. The number of methoxy groups -OCH3 is 1. The Hall–Kier alpha value is -2.09. The molecule has 7 nitrogen and oxygen atoms in total. The summed E-state index contributed by atoms with van der Waals surface area (Å²) in [6, 6.07) is 5.12. The minimum Gasteiger partial charge on any atom is -0.464 e. The minimum absolute atomic E-state index is 0.0604. The van der Waals surface area contributed by atoms with Crippen LogP contribution in [0.5, 0.6) is 5.75 Å². The predicted octanol–water partition coefficient (Wildman–Crippen LogP) is 2.21. The van der Waals surface area contributed by atoms with Crippen LogP contribution in [0.3, 0.4) is 0 Å². The maximum absolute atomic E-state index is 11.7. The molecule has 0 bridgehead atoms. The first-order chi connectivity index (χ1) is 12.2. The summed E-state index contributed by atoms with van der Waals surface area (Å²) >= 11 is 0. The highest BCUT2D eigenvalue weighted by molar-refractivity contribution is 5.83. The zero-order valence-corrected chi connectivity index (χ0v) is 15.6. The van der Waals surface area contributed by atoms with E-state index in [0.29, 0.717) is 22.3 Å². The quantitative estimate of drug-likeness (QED) is 0.806. The fourth-order valence-electron chi connectivity index (χ4n) is 3.45. The Morgan fingerprint density at radius 2 is 2.00 bits per heavy atom. The molecule has 0 saturated carbocycles. The van der Waals surface area contributed by atoms with Crippen molar-refractivity contribution in [2.75, 3.05) is 12.8 Å². The maximum atomic E-state index is 11.7. The maximum Gasteiger partial charge on any atom is 0.359 e. The molecule has 1 aromatic carbocycles. The van der Waals surface area contributed by atoms with Crippen LogP contribution in [0.2, 0.25) is 0 Å². The number of rotatable bonds is 3. The van der Waals surface area contributed by atoms with Gasteiger partial charge >= 0.3 is 5.63 Å². The molecule has 7 heteroatoms. The topological polar surface area (TPSA) is 104 Å². The highest BCUT2D eigenvalue weighted by Gasteiger charge is 2.49. The highest BCUT2D eigenvalue weighted by atomic mass is 16.7. The number of benzene rings is 1. The lowest BCUT2D eigenvalue weighted by Gasteiger charge is -2.47. The second kappa shape index (κ2) is 6.57. The second-order valence-corrected chi connectivity index (χ2v) is 7.31. The first-order valence-corrected chi connectivity index (χ1v) is 8.54. The van der Waals surface area contributed by atoms with Gasteiger partial charge in [0, 0.05) is 24.0 Å². The highest BCUT2D eigenvalue weighted by Crippen LogP contribution is 2.37. The molecule has 3 N–H and O–H groups in total. The molecule has 2 aromatic rings. The number of hydrogen-bond acceptors (Lipinski definition) is 7. The van der Waals surface area contributed by atoms with Gasteiger partial charge in [-0.2, -0.15) is 0 Å². The fourth-order valence-corrected chi connectivity index (χ4v) is 3.45. The van der Waals surface area contributed by atoms with Gasteiger partial charge in [-0.15, -0.1) is 0 Å². The largest absolute Gasteiger partial charge is 0.464 e. The third kappa shape index (κ3) is 3.06. The summed E-state index contributed by atoms with van der Waals surface area (Å²) in [7, 11) is 1.55. The molecule has 1 saturated heterocycles. The molecule has 0 radical (unpaired) electrons. The third-order valence-electron chi connectivity index (χ3n) is 5.01. The van der Waals surface area contributed by atoms with Gasteiger partial charge < -0.3 is 29.5 Å². The van der Waals surface area contributed by atoms with Gasteiger partial charge in [-0.3, -0.25) is 0 Å². The van der Waals surface area contributed by atoms with Gasteiger partial charge in [0.25, 0.3) is 0 Å². The van der Waals surface area contributed by atoms with E-state index in [1.165, 1.54) is 0 Å². The number of hydrogen-bond donors (Lipinski definition) is 2. The summed E-state index contributed by atoms with van der Waals surface area (Å²) in [5.41, 5.74) is 5.45. The lowest BCUT2D eigenvalue weighted by molar-refractivity contribution is -0.288. The van der Waals surface area contributed by atoms with Crippen LogP contribution in [0, 0.1) is 12.8 Å². The van der Waals surface area contributed by atoms with Crippen LogP contribution < -0.4 is 16.1 Å². The van der Waals surface area contributed by atoms with Crippen LogP contribution in [0.15, 0.2) is 27.4 Å². The van der Waals surface area contributed by atoms with E-state index >= 15 is 0 Å². The van der Waals surface area contributed by atoms with Crippen LogP contribution in [0.1, 0.15) is 26.3 Å². The average Bonchev–Trinajstić information content (AvgIpc) is 2.57. The van der Waals surface area contributed by atoms with Gasteiger partial charge in [-0.05, 0) is 39.0 Å². The van der Waals surface area contributed by atoms with E-state index in [1.807, 2.05) is 20.8 Å². The summed E-state index contributed by atoms with van der Waals surface area (Å²) < 4.78 is 22.8. The predicted molar refractivity (Wildman–Crippen MR) is 97.2 cm³/mol. The van der Waals surface area contributed by atoms with E-state index in [-0.39, 0.29) is 11.6 Å². The SMILES string of the molecule is COC1C(O)[C@H](C)[C@H](Oc2ccc3cc(N)c(=O)oc3c2C)OC1(C)C. The Labute approximate surface area is 151 Å². The van der Waals surface area contributed by atoms with Crippen LogP contribution in [-0.2, 0) is 9.47 Å². The molecule has 1 aromatic heterocycles. The van der Waals surface area contributed by atoms with Gasteiger partial charge in [0.15, 0.2) is 0 Å². The average molecular weight is 363 g/mol. The standard InChI is InChI=1S/C19H25NO6/c1-9-13(7-6-11-8-12(20)17(22)25-15(9)11)24-18-10(2)14(21)16(23-5)19(3,4)26-18/h6-8,10,14,16,18,21H,20H2,1-5H3/t10-,14?,16?,18+/m0/s1. The Bertz CT molecular complexity index is 874. The zero-order chi connectivity index (χ0) is 19.2. The van der Waals surface area contributed by atoms with Gasteiger partial charge in [0.1, 0.15) is 23.1 Å². The van der Waals surface area contributed by atoms with Crippen LogP contribution in [-0.4, -0.2) is 36.3 Å². The van der Waals surface area contributed by atoms with Crippen molar-refractivity contribution in [2.24, 2.45) is 5.92 Å². The van der Waals surface area contributed by atoms with E-state index in [1.54, 1.807) is 32.2 Å². The molecule has 3 rings (SSSR count). The number of anilines is 1. The Morgan fingerprint density at radius 3 is 2.65 bits per heavy atom. The smallest absolute Gasteiger partial charge is 0.359 e. The molecule has 142 valence electrons. The van der Waals surface area contributed by atoms with Crippen molar-refractivity contribution in [2.45, 2.75) is 51.8 Å². The molecule has 0 spiro atoms. The van der Waals surface area contributed by atoms with Gasteiger partial charge in [0.05, 0.1) is 11.7 Å². The summed E-state index contributed by atoms with van der Waals surface area (Å²) in [5, 5.41) is 11.3. The van der Waals surface area contributed by atoms with Crippen LogP contribution >= 0.6 is 0 Å². The van der Waals surface area contributed by atoms with Crippen molar-refractivity contribution < 1.29 is 23.7 Å². The van der Waals surface area contributed by atoms with Gasteiger partial charge in [-0.25, -0.2) is 4.79 Å². The fraction of sp³-hybridized carbons (Fsp3) is 0.526. The molecule has 2 unspecified atom stereocenters. The van der Waals surface area contributed by atoms with Crippen molar-refractivity contribution in [3.05, 3.63) is 34.2 Å². The molecular weight excluding hydrogens is 338 g/mol. The molecule has 1 aliphatic rings. The van der Waals surface area contributed by atoms with E-state index in [9.17, 15) is 9.90 Å². The number of ether oxygens (including phenoxy) is 3. The van der Waals surface area contributed by atoms with Crippen molar-refractivity contribution in [1.82, 2.24) is 0 Å². The number of aliphatic hydroxyl groups is 1. The first kappa shape index (κ1) is 18.7. The number of aryl methyl sites for hydroxylation is 1. The zero-order valence-electron chi connectivity index (χ0n) is 15.6. The van der Waals surface area contributed by atoms with E-state index in [0.717, 1.165) is 0 Å². The Morgan fingerprint density at radius 1 is 1.31 bits per heavy atom. The number of aliphatic hydroxyl groups excluding tert-OH is 1. The summed E-state index contributed by atoms with van der Waals surface area (Å²) in [6.45, 7) is 7.33. The summed E-state index contributed by atoms with van der Waals surface area (Å²) in [6.07, 6.45) is -1.88. The van der Waals surface area contributed by atoms with E-state index < -0.39 is 29.7 Å². The molecule has 1 fully saturated rings. The molecule has 4 atom stereocenters. The van der Waals surface area contributed by atoms with E-state index in [4.69, 9.17) is 24.4 Å². The molecule has 2 heterocycles. The second-order valence-electron chi connectivity index (χ2n) is 7.31. The lowest BCUT2D eigenvalue weighted by Crippen LogP contribution is -2.60. The molecule has 26 heavy (non-hydrogen) atoms. The molecular formula is C19H25NO6. The van der Waals surface area contributed by atoms with Crippen molar-refractivity contribution in [1.29, 1.82) is 0 Å². The Balaban J connectivity index is 1.95. The minimum atomic E-state index is -0.743. The molecule has 1 aliphatic heterocycles. The van der Waals surface area contributed by atoms with E-state index in [2.05, 4.69) is 0 Å². The molecule has 0 aliphatic carbocycles. The van der Waals surface area contributed by atoms with Crippen LogP contribution in [0.25, 0.3) is 11.0 Å². The van der Waals surface area contributed by atoms with Crippen molar-refractivity contribution in [3.63, 3.8) is 0 Å². The number of nitrogen functional groups attached to an aromatic ring is 1. The van der Waals surface area contributed by atoms with Gasteiger partial charge in [0.2, 0.25) is 6.29 Å². The Kier molecular flexibility index (Phi) is 4.72. The summed E-state index contributed by atoms with van der Waals surface area (Å²) in [4.78, 5) is 11.7. The van der Waals surface area contributed by atoms with Crippen molar-refractivity contribution in [3.8, 4) is 5.75 Å². The van der Waals surface area contributed by atoms with Crippen molar-refractivity contribution >= 4 is 16.7 Å². The number of fused-ring (bicyclic) bond motifs is 1. The number of nitrogens with two attached hydrogens (primary N) is 1. The normalized spacial score (nSPS) is 28.2. The molecule has 0 amide bonds. The first-order valence-electron chi connectivity index (χ1n) is 8.54. The van der Waals surface area contributed by atoms with Gasteiger partial charge in [-0.1, -0.05) is 6.92 Å². The monoisotopic (exact) mass is 363 g/mol. The van der Waals surface area contributed by atoms with Crippen LogP contribution in [0.4, 0.5) is 5.69 Å². The third-order valence-corrected chi connectivity index (χ3v) is 5.01. The lowest BCUT2D eigenvalue weighted by atomic mass is 9.85.